The van der Waals surface area contributed by atoms with Gasteiger partial charge in [-0.05, 0) is 77.0 Å². The Balaban J connectivity index is 4.78. The predicted molar refractivity (Wildman–Crippen MR) is 316 cm³/mol. The quantitative estimate of drug-likeness (QED) is 0.0197. The number of aliphatic hydroxyl groups excluding tert-OH is 1. The summed E-state index contributed by atoms with van der Waals surface area (Å²) >= 11 is 0. The molecule has 0 aromatic rings. The highest BCUT2D eigenvalue weighted by Crippen LogP contribution is 2.43. The second-order valence-electron chi connectivity index (χ2n) is 20.2. The first-order valence-electron chi connectivity index (χ1n) is 30.5. The third kappa shape index (κ3) is 55.4. The van der Waals surface area contributed by atoms with E-state index < -0.39 is 57.8 Å². The molecule has 3 unspecified atom stereocenters. The Morgan fingerprint density at radius 3 is 1.18 bits per heavy atom. The van der Waals surface area contributed by atoms with Crippen molar-refractivity contribution in [3.05, 3.63) is 85.1 Å². The summed E-state index contributed by atoms with van der Waals surface area (Å²) in [7, 11) is -4.78. The summed E-state index contributed by atoms with van der Waals surface area (Å²) in [6, 6.07) is 0. The number of hydrogen-bond acceptors (Lipinski definition) is 10. The molecule has 0 aromatic heterocycles. The van der Waals surface area contributed by atoms with Crippen LogP contribution in [0.1, 0.15) is 265 Å². The van der Waals surface area contributed by atoms with E-state index in [-0.39, 0.29) is 25.9 Å². The van der Waals surface area contributed by atoms with E-state index in [1.807, 2.05) is 12.2 Å². The van der Waals surface area contributed by atoms with Crippen LogP contribution in [0, 0.1) is 0 Å². The molecule has 438 valence electrons. The molecule has 0 saturated heterocycles. The maximum Gasteiger partial charge on any atom is 0.472 e. The highest BCUT2D eigenvalue weighted by Gasteiger charge is 2.28. The van der Waals surface area contributed by atoms with Gasteiger partial charge in [0.1, 0.15) is 12.7 Å². The van der Waals surface area contributed by atoms with Gasteiger partial charge < -0.3 is 24.2 Å². The molecule has 0 spiro atoms. The number of esters is 3. The molecule has 0 radical (unpaired) electrons. The number of aliphatic hydroxyl groups is 1. The van der Waals surface area contributed by atoms with Crippen molar-refractivity contribution >= 4 is 25.7 Å². The summed E-state index contributed by atoms with van der Waals surface area (Å²) in [4.78, 5) is 48.5. The molecule has 3 atom stereocenters. The number of phosphoric ester groups is 1. The summed E-state index contributed by atoms with van der Waals surface area (Å²) < 4.78 is 39.4. The van der Waals surface area contributed by atoms with Crippen LogP contribution in [0.15, 0.2) is 85.1 Å². The number of carbonyl (C=O) groups excluding carboxylic acids is 3. The third-order valence-electron chi connectivity index (χ3n) is 12.8. The van der Waals surface area contributed by atoms with Crippen molar-refractivity contribution in [1.82, 2.24) is 0 Å². The van der Waals surface area contributed by atoms with Gasteiger partial charge in [-0.25, -0.2) is 4.57 Å². The second-order valence-corrected chi connectivity index (χ2v) is 21.6. The number of ether oxygens (including phenoxy) is 3. The molecule has 76 heavy (non-hydrogen) atoms. The lowest BCUT2D eigenvalue weighted by Crippen LogP contribution is -2.30. The van der Waals surface area contributed by atoms with Crippen molar-refractivity contribution in [2.24, 2.45) is 0 Å². The van der Waals surface area contributed by atoms with E-state index in [2.05, 4.69) is 87.6 Å². The number of allylic oxidation sites excluding steroid dienone is 13. The topological polar surface area (TPSA) is 155 Å². The zero-order valence-electron chi connectivity index (χ0n) is 48.5. The fraction of sp³-hybridized carbons (Fsp3) is 0.734. The van der Waals surface area contributed by atoms with Gasteiger partial charge in [0.25, 0.3) is 0 Å². The van der Waals surface area contributed by atoms with Gasteiger partial charge in [-0.3, -0.25) is 23.4 Å². The van der Waals surface area contributed by atoms with Gasteiger partial charge in [-0.2, -0.15) is 0 Å². The minimum Gasteiger partial charge on any atom is -0.462 e. The lowest BCUT2D eigenvalue weighted by molar-refractivity contribution is -0.160. The average Bonchev–Trinajstić information content (AvgIpc) is 3.41. The van der Waals surface area contributed by atoms with Crippen LogP contribution in [0.2, 0.25) is 0 Å². The van der Waals surface area contributed by atoms with Crippen LogP contribution in [0.5, 0.6) is 0 Å². The predicted octanol–water partition coefficient (Wildman–Crippen LogP) is 18.3. The van der Waals surface area contributed by atoms with E-state index in [4.69, 9.17) is 23.3 Å². The summed E-state index contributed by atoms with van der Waals surface area (Å²) in [5.74, 6) is -1.62. The SMILES string of the molecule is CC/C=C\C/C=C\C/C=C\C/C=C\C/C=C\CC(=O)OC(COC(=O)CCCCCCCCCCCCCCCCCCCCC)COP(=O)(O)OCC(CO)OC(=O)CCCCCCC/C=C\C/C=C\CCCCC. The van der Waals surface area contributed by atoms with E-state index in [1.54, 1.807) is 6.08 Å². The molecule has 0 aromatic carbocycles. The monoisotopic (exact) mass is 1090 g/mol. The van der Waals surface area contributed by atoms with Crippen molar-refractivity contribution in [2.45, 2.75) is 277 Å². The molecule has 0 aliphatic carbocycles. The Hall–Kier alpha value is -3.34. The molecule has 0 amide bonds. The van der Waals surface area contributed by atoms with E-state index in [0.29, 0.717) is 19.3 Å². The molecule has 0 aliphatic heterocycles. The van der Waals surface area contributed by atoms with Crippen LogP contribution in [0.3, 0.4) is 0 Å². The largest absolute Gasteiger partial charge is 0.472 e. The average molecular weight is 1090 g/mol. The smallest absolute Gasteiger partial charge is 0.462 e. The Morgan fingerprint density at radius 2 is 0.737 bits per heavy atom. The Labute approximate surface area is 464 Å². The minimum atomic E-state index is -4.78. The van der Waals surface area contributed by atoms with E-state index in [0.717, 1.165) is 89.9 Å². The van der Waals surface area contributed by atoms with Crippen LogP contribution >= 0.6 is 7.82 Å². The number of carbonyl (C=O) groups is 3. The van der Waals surface area contributed by atoms with Crippen molar-refractivity contribution in [1.29, 1.82) is 0 Å². The first-order chi connectivity index (χ1) is 37.2. The molecular formula is C64H111O11P. The van der Waals surface area contributed by atoms with Crippen molar-refractivity contribution in [2.75, 3.05) is 26.4 Å². The van der Waals surface area contributed by atoms with Gasteiger partial charge in [0.15, 0.2) is 6.10 Å². The minimum absolute atomic E-state index is 0.0661. The number of unbranched alkanes of at least 4 members (excludes halogenated alkanes) is 26. The van der Waals surface area contributed by atoms with Crippen LogP contribution in [0.4, 0.5) is 0 Å². The molecule has 2 N–H and O–H groups in total. The molecule has 0 aliphatic rings. The third-order valence-corrected chi connectivity index (χ3v) is 13.8. The lowest BCUT2D eigenvalue weighted by Gasteiger charge is -2.21. The molecule has 0 rings (SSSR count). The fourth-order valence-corrected chi connectivity index (χ4v) is 9.01. The van der Waals surface area contributed by atoms with Crippen molar-refractivity contribution in [3.8, 4) is 0 Å². The number of rotatable bonds is 56. The Morgan fingerprint density at radius 1 is 0.395 bits per heavy atom. The summed E-state index contributed by atoms with van der Waals surface area (Å²) in [6.45, 7) is 4.41. The summed E-state index contributed by atoms with van der Waals surface area (Å²) in [5, 5.41) is 9.82. The number of hydrogen-bond donors (Lipinski definition) is 2. The van der Waals surface area contributed by atoms with Gasteiger partial charge >= 0.3 is 25.7 Å². The van der Waals surface area contributed by atoms with Crippen molar-refractivity contribution < 1.29 is 52.2 Å². The highest BCUT2D eigenvalue weighted by atomic mass is 31.2. The first-order valence-corrected chi connectivity index (χ1v) is 32.0. The molecule has 0 fully saturated rings. The first kappa shape index (κ1) is 72.7. The van der Waals surface area contributed by atoms with E-state index >= 15 is 0 Å². The normalized spacial score (nSPS) is 13.9. The Bertz CT molecular complexity index is 1600. The molecule has 0 heterocycles. The van der Waals surface area contributed by atoms with Crippen LogP contribution in [0.25, 0.3) is 0 Å². The molecule has 11 nitrogen and oxygen atoms in total. The highest BCUT2D eigenvalue weighted by molar-refractivity contribution is 7.47. The van der Waals surface area contributed by atoms with E-state index in [1.165, 1.54) is 116 Å². The molecule has 12 heteroatoms. The molecule has 0 saturated carbocycles. The van der Waals surface area contributed by atoms with Crippen LogP contribution < -0.4 is 0 Å². The van der Waals surface area contributed by atoms with Gasteiger partial charge in [0.05, 0.1) is 26.2 Å². The molecular weight excluding hydrogens is 976 g/mol. The van der Waals surface area contributed by atoms with E-state index in [9.17, 15) is 28.9 Å². The van der Waals surface area contributed by atoms with Gasteiger partial charge in [0.2, 0.25) is 0 Å². The van der Waals surface area contributed by atoms with Gasteiger partial charge in [-0.1, -0.05) is 254 Å². The maximum absolute atomic E-state index is 12.9. The van der Waals surface area contributed by atoms with Gasteiger partial charge in [-0.15, -0.1) is 0 Å². The van der Waals surface area contributed by atoms with Gasteiger partial charge in [0, 0.05) is 12.8 Å². The maximum atomic E-state index is 12.9. The zero-order valence-corrected chi connectivity index (χ0v) is 49.3. The standard InChI is InChI=1S/C64H111O11P/c1-4-7-10-13-16-19-22-25-28-29-30-31-34-35-38-41-44-47-50-53-62(66)71-57-61(75-64(68)55-52-49-46-43-40-37-33-27-24-21-18-15-12-9-6-3)59-73-76(69,70)72-58-60(56-65)74-63(67)54-51-48-45-42-39-36-32-26-23-20-17-14-11-8-5-2/h9,12,17-18,20-21,26-27,32-33,40,43,49,52,60-61,65H,4-8,10-11,13-16,19,22-25,28-31,34-39,41-42,44-48,50-51,53-59H2,1-3H3,(H,69,70)/b12-9-,20-17-,21-18-,32-26-,33-27-,43-40-,52-49-. The number of phosphoric acid groups is 1. The zero-order chi connectivity index (χ0) is 55.5. The fourth-order valence-electron chi connectivity index (χ4n) is 8.23. The lowest BCUT2D eigenvalue weighted by atomic mass is 10.0. The summed E-state index contributed by atoms with van der Waals surface area (Å²) in [6.07, 6.45) is 67.2. The van der Waals surface area contributed by atoms with Crippen LogP contribution in [-0.2, 0) is 42.2 Å². The van der Waals surface area contributed by atoms with Crippen LogP contribution in [-0.4, -0.2) is 66.5 Å². The Kier molecular flexibility index (Phi) is 55.3. The van der Waals surface area contributed by atoms with Crippen molar-refractivity contribution in [3.63, 3.8) is 0 Å². The molecule has 0 bridgehead atoms. The second kappa shape index (κ2) is 57.8. The summed E-state index contributed by atoms with van der Waals surface area (Å²) in [5.41, 5.74) is 0.